The van der Waals surface area contributed by atoms with Crippen LogP contribution in [0.5, 0.6) is 0 Å². The molecule has 0 fully saturated rings. The van der Waals surface area contributed by atoms with E-state index < -0.39 is 0 Å². The maximum Gasteiger partial charge on any atom is 0.221 e. The van der Waals surface area contributed by atoms with Crippen LogP contribution in [-0.2, 0) is 4.79 Å². The van der Waals surface area contributed by atoms with Gasteiger partial charge >= 0.3 is 0 Å². The fourth-order valence-electron chi connectivity index (χ4n) is 1.51. The molecule has 102 valence electrons. The molecule has 0 spiro atoms. The largest absolute Gasteiger partial charge is 0.396 e. The SMILES string of the molecule is CC(C)NC(=O)CC(CN)NC(C)C(C)CO. The van der Waals surface area contributed by atoms with Crippen molar-refractivity contribution in [1.82, 2.24) is 10.6 Å². The molecule has 0 aliphatic rings. The van der Waals surface area contributed by atoms with Gasteiger partial charge in [0.1, 0.15) is 0 Å². The molecule has 0 radical (unpaired) electrons. The van der Waals surface area contributed by atoms with Crippen molar-refractivity contribution < 1.29 is 9.90 Å². The van der Waals surface area contributed by atoms with Crippen molar-refractivity contribution in [2.24, 2.45) is 11.7 Å². The van der Waals surface area contributed by atoms with Gasteiger partial charge in [-0.1, -0.05) is 6.92 Å². The lowest BCUT2D eigenvalue weighted by atomic mass is 10.0. The van der Waals surface area contributed by atoms with E-state index in [4.69, 9.17) is 10.8 Å². The van der Waals surface area contributed by atoms with Crippen molar-refractivity contribution >= 4 is 5.91 Å². The lowest BCUT2D eigenvalue weighted by Crippen LogP contribution is -2.47. The number of hydrogen-bond donors (Lipinski definition) is 4. The first-order valence-electron chi connectivity index (χ1n) is 6.27. The average Bonchev–Trinajstić information content (AvgIpc) is 2.25. The predicted molar refractivity (Wildman–Crippen MR) is 69.6 cm³/mol. The van der Waals surface area contributed by atoms with Crippen molar-refractivity contribution in [2.45, 2.75) is 52.2 Å². The smallest absolute Gasteiger partial charge is 0.221 e. The van der Waals surface area contributed by atoms with Crippen LogP contribution in [0, 0.1) is 5.92 Å². The number of amides is 1. The number of nitrogens with one attached hydrogen (secondary N) is 2. The quantitative estimate of drug-likeness (QED) is 0.478. The van der Waals surface area contributed by atoms with Crippen LogP contribution in [0.3, 0.4) is 0 Å². The molecule has 0 saturated heterocycles. The summed E-state index contributed by atoms with van der Waals surface area (Å²) in [5.74, 6) is 0.156. The Bertz CT molecular complexity index is 222. The minimum atomic E-state index is -0.0438. The monoisotopic (exact) mass is 245 g/mol. The Morgan fingerprint density at radius 3 is 2.29 bits per heavy atom. The zero-order valence-electron chi connectivity index (χ0n) is 11.4. The van der Waals surface area contributed by atoms with E-state index in [1.807, 2.05) is 27.7 Å². The number of rotatable bonds is 8. The van der Waals surface area contributed by atoms with Crippen LogP contribution in [-0.4, -0.2) is 42.3 Å². The maximum absolute atomic E-state index is 11.6. The highest BCUT2D eigenvalue weighted by atomic mass is 16.3. The number of aliphatic hydroxyl groups is 1. The zero-order chi connectivity index (χ0) is 13.4. The molecule has 3 atom stereocenters. The zero-order valence-corrected chi connectivity index (χ0v) is 11.4. The molecule has 0 aromatic heterocycles. The number of aliphatic hydroxyl groups excluding tert-OH is 1. The molecule has 0 aromatic carbocycles. The van der Waals surface area contributed by atoms with Crippen LogP contribution >= 0.6 is 0 Å². The number of hydrogen-bond acceptors (Lipinski definition) is 4. The van der Waals surface area contributed by atoms with Crippen molar-refractivity contribution in [1.29, 1.82) is 0 Å². The highest BCUT2D eigenvalue weighted by Crippen LogP contribution is 2.03. The number of carbonyl (C=O) groups excluding carboxylic acids is 1. The molecule has 5 nitrogen and oxygen atoms in total. The molecular weight excluding hydrogens is 218 g/mol. The van der Waals surface area contributed by atoms with Crippen LogP contribution in [0.15, 0.2) is 0 Å². The van der Waals surface area contributed by atoms with E-state index in [-0.39, 0.29) is 36.6 Å². The molecule has 0 bridgehead atoms. The Morgan fingerprint density at radius 1 is 1.29 bits per heavy atom. The van der Waals surface area contributed by atoms with Gasteiger partial charge in [-0.05, 0) is 26.7 Å². The summed E-state index contributed by atoms with van der Waals surface area (Å²) >= 11 is 0. The van der Waals surface area contributed by atoms with Crippen molar-refractivity contribution in [3.63, 3.8) is 0 Å². The molecule has 0 heterocycles. The van der Waals surface area contributed by atoms with Crippen molar-refractivity contribution in [3.05, 3.63) is 0 Å². The molecule has 0 aromatic rings. The van der Waals surface area contributed by atoms with Crippen LogP contribution in [0.4, 0.5) is 0 Å². The Morgan fingerprint density at radius 2 is 1.88 bits per heavy atom. The van der Waals surface area contributed by atoms with Crippen molar-refractivity contribution in [3.8, 4) is 0 Å². The van der Waals surface area contributed by atoms with E-state index in [0.717, 1.165) is 0 Å². The number of carbonyl (C=O) groups is 1. The van der Waals surface area contributed by atoms with E-state index >= 15 is 0 Å². The van der Waals surface area contributed by atoms with Gasteiger partial charge in [-0.3, -0.25) is 4.79 Å². The Kier molecular flexibility index (Phi) is 8.12. The third kappa shape index (κ3) is 7.31. The Hall–Kier alpha value is -0.650. The molecule has 5 heteroatoms. The molecule has 0 aliphatic heterocycles. The van der Waals surface area contributed by atoms with Gasteiger partial charge in [-0.25, -0.2) is 0 Å². The first-order chi connectivity index (χ1) is 7.90. The summed E-state index contributed by atoms with van der Waals surface area (Å²) in [7, 11) is 0. The van der Waals surface area contributed by atoms with Gasteiger partial charge in [0.25, 0.3) is 0 Å². The van der Waals surface area contributed by atoms with E-state index in [9.17, 15) is 4.79 Å². The second-order valence-electron chi connectivity index (χ2n) is 4.97. The molecule has 3 unspecified atom stereocenters. The summed E-state index contributed by atoms with van der Waals surface area (Å²) in [6.45, 7) is 8.35. The maximum atomic E-state index is 11.6. The topological polar surface area (TPSA) is 87.4 Å². The summed E-state index contributed by atoms with van der Waals surface area (Å²) < 4.78 is 0. The van der Waals surface area contributed by atoms with E-state index in [0.29, 0.717) is 13.0 Å². The fraction of sp³-hybridized carbons (Fsp3) is 0.917. The first kappa shape index (κ1) is 16.4. The summed E-state index contributed by atoms with van der Waals surface area (Å²) in [6.07, 6.45) is 0.372. The molecule has 5 N–H and O–H groups in total. The summed E-state index contributed by atoms with van der Waals surface area (Å²) in [5, 5.41) is 15.2. The number of nitrogens with two attached hydrogens (primary N) is 1. The Balaban J connectivity index is 4.11. The van der Waals surface area contributed by atoms with Crippen LogP contribution in [0.25, 0.3) is 0 Å². The fourth-order valence-corrected chi connectivity index (χ4v) is 1.51. The minimum absolute atomic E-state index is 0.00630. The summed E-state index contributed by atoms with van der Waals surface area (Å²) in [4.78, 5) is 11.6. The molecule has 0 saturated carbocycles. The third-order valence-corrected chi connectivity index (χ3v) is 2.81. The van der Waals surface area contributed by atoms with Crippen molar-refractivity contribution in [2.75, 3.05) is 13.2 Å². The molecule has 0 rings (SSSR count). The van der Waals surface area contributed by atoms with Gasteiger partial charge < -0.3 is 21.5 Å². The second-order valence-corrected chi connectivity index (χ2v) is 4.97. The molecular formula is C12H27N3O2. The van der Waals surface area contributed by atoms with Crippen LogP contribution < -0.4 is 16.4 Å². The summed E-state index contributed by atoms with van der Waals surface area (Å²) in [5.41, 5.74) is 5.64. The normalized spacial score (nSPS) is 16.6. The average molecular weight is 245 g/mol. The Labute approximate surface area is 104 Å². The van der Waals surface area contributed by atoms with E-state index in [1.54, 1.807) is 0 Å². The lowest BCUT2D eigenvalue weighted by molar-refractivity contribution is -0.122. The molecule has 17 heavy (non-hydrogen) atoms. The molecule has 1 amide bonds. The standard InChI is InChI=1S/C12H27N3O2/c1-8(2)14-12(17)5-11(6-13)15-10(4)9(3)7-16/h8-11,15-16H,5-7,13H2,1-4H3,(H,14,17). The first-order valence-corrected chi connectivity index (χ1v) is 6.27. The second kappa shape index (κ2) is 8.44. The predicted octanol–water partition coefficient (Wildman–Crippen LogP) is -0.165. The highest BCUT2D eigenvalue weighted by molar-refractivity contribution is 5.76. The third-order valence-electron chi connectivity index (χ3n) is 2.81. The summed E-state index contributed by atoms with van der Waals surface area (Å²) in [6, 6.07) is 0.243. The lowest BCUT2D eigenvalue weighted by Gasteiger charge is -2.25. The van der Waals surface area contributed by atoms with Gasteiger partial charge in [0.05, 0.1) is 0 Å². The van der Waals surface area contributed by atoms with Gasteiger partial charge in [0, 0.05) is 37.7 Å². The van der Waals surface area contributed by atoms with Gasteiger partial charge in [-0.2, -0.15) is 0 Å². The van der Waals surface area contributed by atoms with Gasteiger partial charge in [0.2, 0.25) is 5.91 Å². The minimum Gasteiger partial charge on any atom is -0.396 e. The van der Waals surface area contributed by atoms with E-state index in [1.165, 1.54) is 0 Å². The van der Waals surface area contributed by atoms with E-state index in [2.05, 4.69) is 10.6 Å². The van der Waals surface area contributed by atoms with Gasteiger partial charge in [-0.15, -0.1) is 0 Å². The highest BCUT2D eigenvalue weighted by Gasteiger charge is 2.18. The van der Waals surface area contributed by atoms with Gasteiger partial charge in [0.15, 0.2) is 0 Å². The van der Waals surface area contributed by atoms with Crippen LogP contribution in [0.1, 0.15) is 34.1 Å². The van der Waals surface area contributed by atoms with Crippen LogP contribution in [0.2, 0.25) is 0 Å². The molecule has 0 aliphatic carbocycles.